The van der Waals surface area contributed by atoms with Gasteiger partial charge in [0.05, 0.1) is 7.11 Å². The van der Waals surface area contributed by atoms with Gasteiger partial charge in [0.15, 0.2) is 0 Å². The molecule has 0 aliphatic heterocycles. The number of carbonyl (C=O) groups is 1. The molecule has 2 aromatic carbocycles. The van der Waals surface area contributed by atoms with E-state index in [4.69, 9.17) is 14.6 Å². The molecule has 98 valence electrons. The maximum Gasteiger partial charge on any atom is 0.339 e. The van der Waals surface area contributed by atoms with Crippen LogP contribution in [0, 0.1) is 0 Å². The van der Waals surface area contributed by atoms with Crippen LogP contribution in [0.25, 0.3) is 0 Å². The van der Waals surface area contributed by atoms with Gasteiger partial charge in [-0.2, -0.15) is 0 Å². The number of para-hydroxylation sites is 1. The van der Waals surface area contributed by atoms with Crippen molar-refractivity contribution in [2.24, 2.45) is 0 Å². The van der Waals surface area contributed by atoms with E-state index in [9.17, 15) is 4.79 Å². The van der Waals surface area contributed by atoms with Crippen molar-refractivity contribution in [3.05, 3.63) is 59.7 Å². The molecule has 0 aliphatic carbocycles. The van der Waals surface area contributed by atoms with Gasteiger partial charge in [0, 0.05) is 0 Å². The molecule has 0 bridgehead atoms. The van der Waals surface area contributed by atoms with Crippen molar-refractivity contribution in [2.75, 3.05) is 7.11 Å². The number of methoxy groups -OCH3 is 1. The van der Waals surface area contributed by atoms with Crippen LogP contribution in [0.2, 0.25) is 0 Å². The second-order valence-electron chi connectivity index (χ2n) is 3.94. The van der Waals surface area contributed by atoms with Crippen LogP contribution in [0.3, 0.4) is 0 Å². The molecule has 0 amide bonds. The van der Waals surface area contributed by atoms with Crippen LogP contribution in [-0.2, 0) is 6.61 Å². The van der Waals surface area contributed by atoms with Gasteiger partial charge in [-0.25, -0.2) is 4.79 Å². The number of aromatic carboxylic acids is 1. The molecule has 0 atom stereocenters. The summed E-state index contributed by atoms with van der Waals surface area (Å²) in [4.78, 5) is 11.1. The predicted octanol–water partition coefficient (Wildman–Crippen LogP) is 2.97. The largest absolute Gasteiger partial charge is 0.496 e. The third-order valence-corrected chi connectivity index (χ3v) is 2.64. The van der Waals surface area contributed by atoms with Crippen LogP contribution in [0.5, 0.6) is 11.5 Å². The van der Waals surface area contributed by atoms with E-state index in [2.05, 4.69) is 0 Å². The second kappa shape index (κ2) is 5.91. The van der Waals surface area contributed by atoms with Crippen molar-refractivity contribution in [1.82, 2.24) is 0 Å². The normalized spacial score (nSPS) is 9.95. The number of rotatable bonds is 5. The lowest BCUT2D eigenvalue weighted by molar-refractivity contribution is 0.0693. The summed E-state index contributed by atoms with van der Waals surface area (Å²) in [5, 5.41) is 9.09. The fourth-order valence-electron chi connectivity index (χ4n) is 1.70. The van der Waals surface area contributed by atoms with Gasteiger partial charge < -0.3 is 14.6 Å². The number of benzene rings is 2. The van der Waals surface area contributed by atoms with E-state index in [1.165, 1.54) is 7.11 Å². The van der Waals surface area contributed by atoms with Crippen LogP contribution >= 0.6 is 0 Å². The van der Waals surface area contributed by atoms with E-state index >= 15 is 0 Å². The molecule has 0 aromatic heterocycles. The Labute approximate surface area is 111 Å². The summed E-state index contributed by atoms with van der Waals surface area (Å²) in [5.41, 5.74) is 0.915. The molecule has 0 saturated carbocycles. The summed E-state index contributed by atoms with van der Waals surface area (Å²) in [6, 6.07) is 14.3. The Kier molecular flexibility index (Phi) is 4.03. The highest BCUT2D eigenvalue weighted by Crippen LogP contribution is 2.21. The van der Waals surface area contributed by atoms with Crippen molar-refractivity contribution in [1.29, 1.82) is 0 Å². The number of hydrogen-bond donors (Lipinski definition) is 1. The van der Waals surface area contributed by atoms with Crippen LogP contribution < -0.4 is 9.47 Å². The molecule has 0 heterocycles. The van der Waals surface area contributed by atoms with Gasteiger partial charge in [0.2, 0.25) is 0 Å². The smallest absolute Gasteiger partial charge is 0.339 e. The predicted molar refractivity (Wildman–Crippen MR) is 70.7 cm³/mol. The zero-order chi connectivity index (χ0) is 13.7. The van der Waals surface area contributed by atoms with Crippen molar-refractivity contribution < 1.29 is 19.4 Å². The summed E-state index contributed by atoms with van der Waals surface area (Å²) < 4.78 is 10.6. The summed E-state index contributed by atoms with van der Waals surface area (Å²) in [7, 11) is 1.45. The van der Waals surface area contributed by atoms with Gasteiger partial charge in [0.25, 0.3) is 0 Å². The Bertz CT molecular complexity index is 564. The molecule has 2 rings (SSSR count). The first-order chi connectivity index (χ1) is 9.20. The molecule has 0 radical (unpaired) electrons. The highest BCUT2D eigenvalue weighted by Gasteiger charge is 2.11. The Morgan fingerprint density at radius 1 is 1.16 bits per heavy atom. The minimum Gasteiger partial charge on any atom is -0.496 e. The second-order valence-corrected chi connectivity index (χ2v) is 3.94. The van der Waals surface area contributed by atoms with Gasteiger partial charge in [-0.3, -0.25) is 0 Å². The standard InChI is InChI=1S/C15H14O4/c1-18-14-8-7-11(9-13(14)15(16)17)10-19-12-5-3-2-4-6-12/h2-9H,10H2,1H3,(H,16,17). The van der Waals surface area contributed by atoms with Crippen molar-refractivity contribution >= 4 is 5.97 Å². The zero-order valence-corrected chi connectivity index (χ0v) is 10.5. The van der Waals surface area contributed by atoms with Gasteiger partial charge in [-0.05, 0) is 29.8 Å². The first-order valence-corrected chi connectivity index (χ1v) is 5.79. The van der Waals surface area contributed by atoms with E-state index in [1.807, 2.05) is 30.3 Å². The molecular weight excluding hydrogens is 244 g/mol. The van der Waals surface area contributed by atoms with Gasteiger partial charge in [-0.15, -0.1) is 0 Å². The van der Waals surface area contributed by atoms with Crippen LogP contribution in [0.15, 0.2) is 48.5 Å². The molecule has 0 unspecified atom stereocenters. The third kappa shape index (κ3) is 3.25. The molecule has 1 N–H and O–H groups in total. The van der Waals surface area contributed by atoms with Crippen molar-refractivity contribution in [2.45, 2.75) is 6.61 Å². The molecule has 2 aromatic rings. The Morgan fingerprint density at radius 3 is 2.53 bits per heavy atom. The van der Waals surface area contributed by atoms with E-state index in [0.717, 1.165) is 11.3 Å². The molecular formula is C15H14O4. The van der Waals surface area contributed by atoms with Gasteiger partial charge in [0.1, 0.15) is 23.7 Å². The lowest BCUT2D eigenvalue weighted by Gasteiger charge is -2.09. The van der Waals surface area contributed by atoms with Gasteiger partial charge in [-0.1, -0.05) is 24.3 Å². The number of carboxylic acids is 1. The molecule has 0 saturated heterocycles. The zero-order valence-electron chi connectivity index (χ0n) is 10.5. The highest BCUT2D eigenvalue weighted by atomic mass is 16.5. The van der Waals surface area contributed by atoms with Gasteiger partial charge >= 0.3 is 5.97 Å². The number of carboxylic acid groups (broad SMARTS) is 1. The van der Waals surface area contributed by atoms with E-state index in [0.29, 0.717) is 12.4 Å². The fourth-order valence-corrected chi connectivity index (χ4v) is 1.70. The van der Waals surface area contributed by atoms with E-state index in [1.54, 1.807) is 18.2 Å². The Balaban J connectivity index is 2.13. The maximum absolute atomic E-state index is 11.1. The third-order valence-electron chi connectivity index (χ3n) is 2.64. The van der Waals surface area contributed by atoms with Crippen molar-refractivity contribution in [3.63, 3.8) is 0 Å². The summed E-state index contributed by atoms with van der Waals surface area (Å²) in [6.07, 6.45) is 0. The molecule has 4 nitrogen and oxygen atoms in total. The Morgan fingerprint density at radius 2 is 1.89 bits per heavy atom. The molecule has 0 fully saturated rings. The minimum absolute atomic E-state index is 0.136. The highest BCUT2D eigenvalue weighted by molar-refractivity contribution is 5.91. The quantitative estimate of drug-likeness (QED) is 0.895. The van der Waals surface area contributed by atoms with E-state index in [-0.39, 0.29) is 5.56 Å². The van der Waals surface area contributed by atoms with Crippen LogP contribution in [0.4, 0.5) is 0 Å². The van der Waals surface area contributed by atoms with Crippen molar-refractivity contribution in [3.8, 4) is 11.5 Å². The number of ether oxygens (including phenoxy) is 2. The minimum atomic E-state index is -1.02. The summed E-state index contributed by atoms with van der Waals surface area (Å²) in [6.45, 7) is 0.314. The average Bonchev–Trinajstić information content (AvgIpc) is 2.46. The number of hydrogen-bond acceptors (Lipinski definition) is 3. The SMILES string of the molecule is COc1ccc(COc2ccccc2)cc1C(=O)O. The first kappa shape index (κ1) is 13.0. The lowest BCUT2D eigenvalue weighted by Crippen LogP contribution is -2.03. The molecule has 4 heteroatoms. The molecule has 0 aliphatic rings. The van der Waals surface area contributed by atoms with Crippen LogP contribution in [0.1, 0.15) is 15.9 Å². The summed E-state index contributed by atoms with van der Waals surface area (Å²) >= 11 is 0. The topological polar surface area (TPSA) is 55.8 Å². The summed E-state index contributed by atoms with van der Waals surface area (Å²) in [5.74, 6) is 0.0737. The molecule has 19 heavy (non-hydrogen) atoms. The molecule has 0 spiro atoms. The lowest BCUT2D eigenvalue weighted by atomic mass is 10.1. The maximum atomic E-state index is 11.1. The monoisotopic (exact) mass is 258 g/mol. The first-order valence-electron chi connectivity index (χ1n) is 5.79. The average molecular weight is 258 g/mol. The van der Waals surface area contributed by atoms with E-state index < -0.39 is 5.97 Å². The van der Waals surface area contributed by atoms with Crippen LogP contribution in [-0.4, -0.2) is 18.2 Å². The Hall–Kier alpha value is -2.49. The fraction of sp³-hybridized carbons (Fsp3) is 0.133.